The van der Waals surface area contributed by atoms with Crippen LogP contribution < -0.4 is 14.8 Å². The number of halogens is 1. The average molecular weight is 487 g/mol. The number of imidazole rings is 1. The van der Waals surface area contributed by atoms with Crippen molar-refractivity contribution in [2.75, 3.05) is 53.6 Å². The van der Waals surface area contributed by atoms with Crippen molar-refractivity contribution in [2.24, 2.45) is 0 Å². The number of pyridine rings is 1. The first kappa shape index (κ1) is 24.3. The van der Waals surface area contributed by atoms with Crippen molar-refractivity contribution in [3.05, 3.63) is 59.0 Å². The molecule has 34 heavy (non-hydrogen) atoms. The first-order valence-electron chi connectivity index (χ1n) is 11.5. The van der Waals surface area contributed by atoms with Crippen molar-refractivity contribution in [2.45, 2.75) is 18.8 Å². The Labute approximate surface area is 204 Å². The van der Waals surface area contributed by atoms with Gasteiger partial charge in [-0.3, -0.25) is 9.69 Å². The van der Waals surface area contributed by atoms with E-state index in [1.165, 1.54) is 0 Å². The van der Waals surface area contributed by atoms with E-state index in [1.54, 1.807) is 26.5 Å². The Kier molecular flexibility index (Phi) is 8.26. The molecular weight excluding hydrogens is 456 g/mol. The lowest BCUT2D eigenvalue weighted by molar-refractivity contribution is -0.121. The molecule has 0 radical (unpaired) electrons. The summed E-state index contributed by atoms with van der Waals surface area (Å²) in [5.74, 6) is 1.04. The number of benzene rings is 1. The summed E-state index contributed by atoms with van der Waals surface area (Å²) in [6, 6.07) is 9.35. The van der Waals surface area contributed by atoms with Gasteiger partial charge in [-0.15, -0.1) is 0 Å². The molecule has 1 N–H and O–H groups in total. The second-order valence-corrected chi connectivity index (χ2v) is 8.76. The van der Waals surface area contributed by atoms with E-state index in [4.69, 9.17) is 25.8 Å². The smallest absolute Gasteiger partial charge is 0.221 e. The predicted molar refractivity (Wildman–Crippen MR) is 131 cm³/mol. The molecule has 182 valence electrons. The number of carbonyl (C=O) groups excluding carboxylic acids is 1. The normalized spacial score (nSPS) is 15.3. The Morgan fingerprint density at radius 3 is 2.62 bits per heavy atom. The van der Waals surface area contributed by atoms with Crippen LogP contribution in [-0.2, 0) is 9.53 Å². The van der Waals surface area contributed by atoms with Crippen molar-refractivity contribution in [3.8, 4) is 11.5 Å². The summed E-state index contributed by atoms with van der Waals surface area (Å²) in [4.78, 5) is 19.9. The van der Waals surface area contributed by atoms with E-state index in [0.29, 0.717) is 23.1 Å². The topological polar surface area (TPSA) is 77.3 Å². The molecule has 3 aromatic rings. The molecule has 1 aliphatic heterocycles. The highest BCUT2D eigenvalue weighted by molar-refractivity contribution is 6.30. The van der Waals surface area contributed by atoms with Crippen LogP contribution in [0.2, 0.25) is 5.02 Å². The number of amides is 1. The second kappa shape index (κ2) is 11.6. The molecule has 1 atom stereocenters. The Morgan fingerprint density at radius 2 is 1.91 bits per heavy atom. The van der Waals surface area contributed by atoms with E-state index in [9.17, 15) is 4.79 Å². The average Bonchev–Trinajstić information content (AvgIpc) is 3.28. The molecule has 0 aliphatic carbocycles. The van der Waals surface area contributed by atoms with Crippen molar-refractivity contribution >= 4 is 23.2 Å². The summed E-state index contributed by atoms with van der Waals surface area (Å²) < 4.78 is 18.3. The quantitative estimate of drug-likeness (QED) is 0.443. The van der Waals surface area contributed by atoms with Gasteiger partial charge in [-0.1, -0.05) is 11.6 Å². The van der Waals surface area contributed by atoms with Crippen LogP contribution >= 0.6 is 11.6 Å². The number of hydrogen-bond donors (Lipinski definition) is 1. The van der Waals surface area contributed by atoms with Gasteiger partial charge in [-0.2, -0.15) is 0 Å². The molecular formula is C25H31ClN4O4. The van der Waals surface area contributed by atoms with Crippen LogP contribution in [0.1, 0.15) is 30.0 Å². The first-order chi connectivity index (χ1) is 16.6. The van der Waals surface area contributed by atoms with E-state index in [2.05, 4.69) is 15.2 Å². The first-order valence-corrected chi connectivity index (χ1v) is 11.9. The number of morpholine rings is 1. The van der Waals surface area contributed by atoms with Crippen LogP contribution in [0.3, 0.4) is 0 Å². The summed E-state index contributed by atoms with van der Waals surface area (Å²) >= 11 is 6.27. The second-order valence-electron chi connectivity index (χ2n) is 8.32. The molecule has 0 spiro atoms. The Bertz CT molecular complexity index is 1090. The number of methoxy groups -OCH3 is 2. The molecule has 0 bridgehead atoms. The van der Waals surface area contributed by atoms with E-state index < -0.39 is 0 Å². The molecule has 1 amide bonds. The van der Waals surface area contributed by atoms with Gasteiger partial charge in [-0.05, 0) is 42.8 Å². The zero-order valence-electron chi connectivity index (χ0n) is 19.6. The summed E-state index contributed by atoms with van der Waals surface area (Å²) in [6.07, 6.45) is 4.78. The minimum absolute atomic E-state index is 0.0225. The van der Waals surface area contributed by atoms with Crippen LogP contribution in [0, 0.1) is 0 Å². The van der Waals surface area contributed by atoms with Gasteiger partial charge in [-0.25, -0.2) is 4.98 Å². The van der Waals surface area contributed by atoms with Gasteiger partial charge in [0.25, 0.3) is 0 Å². The highest BCUT2D eigenvalue weighted by Gasteiger charge is 2.23. The third-order valence-corrected chi connectivity index (χ3v) is 6.32. The number of ether oxygens (including phenoxy) is 3. The minimum atomic E-state index is -0.267. The monoisotopic (exact) mass is 486 g/mol. The largest absolute Gasteiger partial charge is 0.497 e. The summed E-state index contributed by atoms with van der Waals surface area (Å²) in [6.45, 7) is 5.03. The van der Waals surface area contributed by atoms with Gasteiger partial charge < -0.3 is 23.9 Å². The third-order valence-electron chi connectivity index (χ3n) is 6.10. The fraction of sp³-hybridized carbons (Fsp3) is 0.440. The molecule has 9 heteroatoms. The number of fused-ring (bicyclic) bond motifs is 1. The van der Waals surface area contributed by atoms with Gasteiger partial charge in [0.15, 0.2) is 0 Å². The zero-order chi connectivity index (χ0) is 23.9. The maximum atomic E-state index is 13.0. The zero-order valence-corrected chi connectivity index (χ0v) is 20.4. The molecule has 2 aromatic heterocycles. The number of hydrogen-bond acceptors (Lipinski definition) is 6. The van der Waals surface area contributed by atoms with Crippen LogP contribution in [0.15, 0.2) is 42.7 Å². The Morgan fingerprint density at radius 1 is 1.18 bits per heavy atom. The highest BCUT2D eigenvalue weighted by atomic mass is 35.5. The molecule has 1 aliphatic rings. The standard InChI is InChI=1S/C25H31ClN4O4/c1-32-20-12-18(13-21(14-20)33-2)22(23-16-28-24-5-4-19(26)17-30(23)24)15-25(31)27-6-3-7-29-8-10-34-11-9-29/h4-5,12-14,16-17,22H,3,6-11,15H2,1-2H3,(H,27,31). The number of carbonyl (C=O) groups is 1. The van der Waals surface area contributed by atoms with Crippen molar-refractivity contribution in [1.29, 1.82) is 0 Å². The molecule has 0 saturated carbocycles. The van der Waals surface area contributed by atoms with E-state index in [0.717, 1.165) is 56.2 Å². The van der Waals surface area contributed by atoms with Crippen LogP contribution in [-0.4, -0.2) is 73.8 Å². The number of rotatable bonds is 10. The fourth-order valence-corrected chi connectivity index (χ4v) is 4.43. The maximum absolute atomic E-state index is 13.0. The molecule has 1 aromatic carbocycles. The van der Waals surface area contributed by atoms with Gasteiger partial charge >= 0.3 is 0 Å². The molecule has 3 heterocycles. The van der Waals surface area contributed by atoms with E-state index >= 15 is 0 Å². The molecule has 1 fully saturated rings. The number of nitrogens with zero attached hydrogens (tertiary/aromatic N) is 3. The van der Waals surface area contributed by atoms with Crippen LogP contribution in [0.5, 0.6) is 11.5 Å². The van der Waals surface area contributed by atoms with E-state index in [-0.39, 0.29) is 18.2 Å². The van der Waals surface area contributed by atoms with Gasteiger partial charge in [0.1, 0.15) is 17.1 Å². The molecule has 1 unspecified atom stereocenters. The summed E-state index contributed by atoms with van der Waals surface area (Å²) in [7, 11) is 3.23. The predicted octanol–water partition coefficient (Wildman–Crippen LogP) is 3.37. The number of aromatic nitrogens is 2. The fourth-order valence-electron chi connectivity index (χ4n) is 4.27. The lowest BCUT2D eigenvalue weighted by Gasteiger charge is -2.26. The van der Waals surface area contributed by atoms with Crippen LogP contribution in [0.25, 0.3) is 5.65 Å². The van der Waals surface area contributed by atoms with E-state index in [1.807, 2.05) is 34.9 Å². The van der Waals surface area contributed by atoms with Crippen LogP contribution in [0.4, 0.5) is 0 Å². The lowest BCUT2D eigenvalue weighted by Crippen LogP contribution is -2.38. The minimum Gasteiger partial charge on any atom is -0.497 e. The molecule has 1 saturated heterocycles. The third kappa shape index (κ3) is 6.00. The highest BCUT2D eigenvalue weighted by Crippen LogP contribution is 2.34. The Hall–Kier alpha value is -2.81. The van der Waals surface area contributed by atoms with Crippen molar-refractivity contribution in [1.82, 2.24) is 19.6 Å². The maximum Gasteiger partial charge on any atom is 0.221 e. The SMILES string of the molecule is COc1cc(OC)cc(C(CC(=O)NCCCN2CCOCC2)c2cnc3ccc(Cl)cn23)c1. The number of nitrogens with one attached hydrogen (secondary N) is 1. The van der Waals surface area contributed by atoms with Gasteiger partial charge in [0.05, 0.1) is 38.1 Å². The van der Waals surface area contributed by atoms with Gasteiger partial charge in [0.2, 0.25) is 5.91 Å². The molecule has 8 nitrogen and oxygen atoms in total. The lowest BCUT2D eigenvalue weighted by atomic mass is 9.91. The van der Waals surface area contributed by atoms with Crippen molar-refractivity contribution in [3.63, 3.8) is 0 Å². The Balaban J connectivity index is 1.53. The van der Waals surface area contributed by atoms with Crippen molar-refractivity contribution < 1.29 is 19.0 Å². The summed E-state index contributed by atoms with van der Waals surface area (Å²) in [5.41, 5.74) is 2.54. The van der Waals surface area contributed by atoms with Gasteiger partial charge in [0, 0.05) is 50.4 Å². The summed E-state index contributed by atoms with van der Waals surface area (Å²) in [5, 5.41) is 3.68. The molecule has 4 rings (SSSR count).